The molecule has 1 amide bonds. The van der Waals surface area contributed by atoms with Crippen LogP contribution in [0.3, 0.4) is 0 Å². The second-order valence-corrected chi connectivity index (χ2v) is 7.79. The van der Waals surface area contributed by atoms with Crippen molar-refractivity contribution >= 4 is 29.1 Å². The Kier molecular flexibility index (Phi) is 6.87. The van der Waals surface area contributed by atoms with Crippen LogP contribution in [-0.2, 0) is 9.59 Å². The quantitative estimate of drug-likeness (QED) is 0.401. The Hall–Kier alpha value is -3.03. The Morgan fingerprint density at radius 3 is 2.39 bits per heavy atom. The number of ether oxygens (including phenoxy) is 2. The number of hydrogen-bond acceptors (Lipinski definition) is 6. The Morgan fingerprint density at radius 1 is 1.10 bits per heavy atom. The highest BCUT2D eigenvalue weighted by Gasteiger charge is 2.46. The van der Waals surface area contributed by atoms with Crippen molar-refractivity contribution in [3.05, 3.63) is 64.2 Å². The van der Waals surface area contributed by atoms with Gasteiger partial charge in [0.1, 0.15) is 17.3 Å². The molecule has 1 aliphatic heterocycles. The third kappa shape index (κ3) is 4.38. The van der Waals surface area contributed by atoms with Crippen molar-refractivity contribution in [1.82, 2.24) is 9.80 Å². The van der Waals surface area contributed by atoms with Crippen molar-refractivity contribution in [2.24, 2.45) is 0 Å². The third-order valence-electron chi connectivity index (χ3n) is 5.19. The molecular formula is C23H25ClN2O5. The molecule has 0 spiro atoms. The number of aliphatic hydroxyl groups excluding tert-OH is 1. The lowest BCUT2D eigenvalue weighted by Gasteiger charge is -2.27. The van der Waals surface area contributed by atoms with Gasteiger partial charge in [-0.05, 0) is 38.4 Å². The highest BCUT2D eigenvalue weighted by atomic mass is 35.5. The number of benzene rings is 2. The zero-order valence-electron chi connectivity index (χ0n) is 17.9. The molecule has 7 nitrogen and oxygen atoms in total. The summed E-state index contributed by atoms with van der Waals surface area (Å²) in [6.45, 7) is 0.855. The minimum absolute atomic E-state index is 0.00510. The van der Waals surface area contributed by atoms with Crippen LogP contribution in [-0.4, -0.2) is 68.0 Å². The molecule has 1 aliphatic rings. The summed E-state index contributed by atoms with van der Waals surface area (Å²) < 4.78 is 10.6. The molecule has 0 aromatic heterocycles. The first-order chi connectivity index (χ1) is 14.8. The molecule has 3 rings (SSSR count). The van der Waals surface area contributed by atoms with Crippen LogP contribution in [0.4, 0.5) is 0 Å². The van der Waals surface area contributed by atoms with Crippen molar-refractivity contribution in [3.63, 3.8) is 0 Å². The van der Waals surface area contributed by atoms with Crippen LogP contribution in [0.15, 0.2) is 48.0 Å². The van der Waals surface area contributed by atoms with Gasteiger partial charge >= 0.3 is 0 Å². The number of likely N-dealkylation sites (tertiary alicyclic amines) is 1. The second kappa shape index (κ2) is 9.41. The van der Waals surface area contributed by atoms with Gasteiger partial charge in [0.25, 0.3) is 11.7 Å². The van der Waals surface area contributed by atoms with Gasteiger partial charge in [-0.3, -0.25) is 9.59 Å². The molecule has 0 radical (unpaired) electrons. The Morgan fingerprint density at radius 2 is 1.77 bits per heavy atom. The van der Waals surface area contributed by atoms with Gasteiger partial charge in [-0.15, -0.1) is 0 Å². The average Bonchev–Trinajstić information content (AvgIpc) is 3.01. The van der Waals surface area contributed by atoms with Gasteiger partial charge in [-0.25, -0.2) is 0 Å². The van der Waals surface area contributed by atoms with Crippen LogP contribution in [0.2, 0.25) is 5.02 Å². The number of amides is 1. The van der Waals surface area contributed by atoms with Crippen molar-refractivity contribution in [3.8, 4) is 11.5 Å². The number of carbonyl (C=O) groups excluding carboxylic acids is 2. The smallest absolute Gasteiger partial charge is 0.295 e. The molecule has 2 aromatic carbocycles. The van der Waals surface area contributed by atoms with Gasteiger partial charge in [-0.1, -0.05) is 29.8 Å². The van der Waals surface area contributed by atoms with E-state index >= 15 is 0 Å². The predicted octanol–water partition coefficient (Wildman–Crippen LogP) is 3.34. The molecule has 164 valence electrons. The first kappa shape index (κ1) is 22.7. The van der Waals surface area contributed by atoms with E-state index in [0.717, 1.165) is 0 Å². The van der Waals surface area contributed by atoms with Crippen molar-refractivity contribution in [1.29, 1.82) is 0 Å². The zero-order valence-corrected chi connectivity index (χ0v) is 18.6. The predicted molar refractivity (Wildman–Crippen MR) is 119 cm³/mol. The van der Waals surface area contributed by atoms with E-state index in [1.54, 1.807) is 36.4 Å². The standard InChI is InChI=1S/C23H25ClN2O5/c1-25(2)11-12-26-20(15-7-5-6-8-17(15)30-3)19(22(28)23(26)29)21(27)14-9-10-18(31-4)16(24)13-14/h5-10,13,20,27H,11-12H2,1-4H3/b21-19+. The lowest BCUT2D eigenvalue weighted by atomic mass is 9.94. The van der Waals surface area contributed by atoms with Gasteiger partial charge in [0.2, 0.25) is 0 Å². The third-order valence-corrected chi connectivity index (χ3v) is 5.48. The van der Waals surface area contributed by atoms with Crippen molar-refractivity contribution in [2.45, 2.75) is 6.04 Å². The molecule has 1 N–H and O–H groups in total. The van der Waals surface area contributed by atoms with Gasteiger partial charge in [0.15, 0.2) is 0 Å². The normalized spacial score (nSPS) is 18.0. The summed E-state index contributed by atoms with van der Waals surface area (Å²) in [5.74, 6) is -0.766. The summed E-state index contributed by atoms with van der Waals surface area (Å²) in [5.41, 5.74) is 0.926. The maximum Gasteiger partial charge on any atom is 0.295 e. The van der Waals surface area contributed by atoms with E-state index in [4.69, 9.17) is 21.1 Å². The number of carbonyl (C=O) groups is 2. The number of para-hydroxylation sites is 1. The maximum absolute atomic E-state index is 13.0. The van der Waals surface area contributed by atoms with Crippen LogP contribution >= 0.6 is 11.6 Å². The number of aliphatic hydroxyl groups is 1. The number of halogens is 1. The minimum atomic E-state index is -0.794. The summed E-state index contributed by atoms with van der Waals surface area (Å²) >= 11 is 6.21. The molecule has 1 atom stereocenters. The van der Waals surface area contributed by atoms with Gasteiger partial charge < -0.3 is 24.4 Å². The summed E-state index contributed by atoms with van der Waals surface area (Å²) in [6, 6.07) is 11.0. The maximum atomic E-state index is 13.0. The molecule has 2 aromatic rings. The molecule has 8 heteroatoms. The van der Waals surface area contributed by atoms with Crippen LogP contribution in [0.1, 0.15) is 17.2 Å². The summed E-state index contributed by atoms with van der Waals surface area (Å²) in [7, 11) is 6.77. The van der Waals surface area contributed by atoms with Gasteiger partial charge in [0, 0.05) is 24.2 Å². The summed E-state index contributed by atoms with van der Waals surface area (Å²) in [5, 5.41) is 11.4. The lowest BCUT2D eigenvalue weighted by molar-refractivity contribution is -0.140. The summed E-state index contributed by atoms with van der Waals surface area (Å²) in [6.07, 6.45) is 0. The molecule has 0 bridgehead atoms. The van der Waals surface area contributed by atoms with Gasteiger partial charge in [-0.2, -0.15) is 0 Å². The van der Waals surface area contributed by atoms with Crippen molar-refractivity contribution < 1.29 is 24.2 Å². The van der Waals surface area contributed by atoms with E-state index in [1.807, 2.05) is 19.0 Å². The fourth-order valence-electron chi connectivity index (χ4n) is 3.60. The average molecular weight is 445 g/mol. The number of rotatable bonds is 7. The first-order valence-corrected chi connectivity index (χ1v) is 10.1. The van der Waals surface area contributed by atoms with E-state index in [2.05, 4.69) is 0 Å². The Balaban J connectivity index is 2.20. The molecule has 0 aliphatic carbocycles. The molecule has 1 saturated heterocycles. The highest BCUT2D eigenvalue weighted by Crippen LogP contribution is 2.43. The Labute approximate surface area is 186 Å². The summed E-state index contributed by atoms with van der Waals surface area (Å²) in [4.78, 5) is 29.4. The second-order valence-electron chi connectivity index (χ2n) is 7.39. The van der Waals surface area contributed by atoms with E-state index in [9.17, 15) is 14.7 Å². The fourth-order valence-corrected chi connectivity index (χ4v) is 3.86. The molecule has 1 heterocycles. The monoisotopic (exact) mass is 444 g/mol. The zero-order chi connectivity index (χ0) is 22.7. The number of hydrogen-bond donors (Lipinski definition) is 1. The number of nitrogens with zero attached hydrogens (tertiary/aromatic N) is 2. The van der Waals surface area contributed by atoms with E-state index in [-0.39, 0.29) is 16.4 Å². The van der Waals surface area contributed by atoms with Crippen molar-refractivity contribution in [2.75, 3.05) is 41.4 Å². The number of methoxy groups -OCH3 is 2. The van der Waals surface area contributed by atoms with Crippen LogP contribution < -0.4 is 9.47 Å². The number of likely N-dealkylation sites (N-methyl/N-ethyl adjacent to an activating group) is 1. The topological polar surface area (TPSA) is 79.3 Å². The molecule has 1 fully saturated rings. The highest BCUT2D eigenvalue weighted by molar-refractivity contribution is 6.46. The van der Waals surface area contributed by atoms with E-state index < -0.39 is 17.7 Å². The fraction of sp³-hybridized carbons (Fsp3) is 0.304. The van der Waals surface area contributed by atoms with E-state index in [0.29, 0.717) is 35.7 Å². The molecule has 1 unspecified atom stereocenters. The lowest BCUT2D eigenvalue weighted by Crippen LogP contribution is -2.35. The van der Waals surface area contributed by atoms with Crippen LogP contribution in [0.25, 0.3) is 5.76 Å². The minimum Gasteiger partial charge on any atom is -0.507 e. The first-order valence-electron chi connectivity index (χ1n) is 9.70. The molecule has 31 heavy (non-hydrogen) atoms. The Bertz CT molecular complexity index is 1030. The van der Waals surface area contributed by atoms with Crippen LogP contribution in [0, 0.1) is 0 Å². The molecular weight excluding hydrogens is 420 g/mol. The number of ketones is 1. The van der Waals surface area contributed by atoms with E-state index in [1.165, 1.54) is 25.2 Å². The molecule has 0 saturated carbocycles. The van der Waals surface area contributed by atoms with Gasteiger partial charge in [0.05, 0.1) is 30.9 Å². The largest absolute Gasteiger partial charge is 0.507 e. The number of Topliss-reactive ketones (excluding diaryl/α,β-unsaturated/α-hetero) is 1. The SMILES string of the molecule is COc1ccc(/C(O)=C2\C(=O)C(=O)N(CCN(C)C)C2c2ccccc2OC)cc1Cl. The van der Waals surface area contributed by atoms with Crippen LogP contribution in [0.5, 0.6) is 11.5 Å².